The van der Waals surface area contributed by atoms with Crippen LogP contribution in [-0.2, 0) is 0 Å². The Balaban J connectivity index is 1.52. The van der Waals surface area contributed by atoms with Crippen molar-refractivity contribution in [2.45, 2.75) is 13.0 Å². The average Bonchev–Trinajstić information content (AvgIpc) is 2.57. The van der Waals surface area contributed by atoms with Crippen molar-refractivity contribution in [2.24, 2.45) is 0 Å². The lowest BCUT2D eigenvalue weighted by Crippen LogP contribution is -2.47. The molecule has 1 saturated heterocycles. The van der Waals surface area contributed by atoms with Crippen LogP contribution in [0.1, 0.15) is 17.2 Å². The summed E-state index contributed by atoms with van der Waals surface area (Å²) in [6.45, 7) is 6.58. The van der Waals surface area contributed by atoms with Gasteiger partial charge in [-0.2, -0.15) is 0 Å². The fourth-order valence-corrected chi connectivity index (χ4v) is 2.84. The summed E-state index contributed by atoms with van der Waals surface area (Å²) in [5, 5.41) is 10.4. The van der Waals surface area contributed by atoms with Gasteiger partial charge in [-0.3, -0.25) is 4.90 Å². The molecule has 1 fully saturated rings. The summed E-state index contributed by atoms with van der Waals surface area (Å²) in [4.78, 5) is 9.03. The standard InChI is InChI=1S/C18H23N3O/c1-15-5-7-16(8-6-15)17(22)14-20-10-12-21(13-11-20)18-4-2-3-9-19-18/h2-9,17,22H,10-14H2,1H3/t17-/m0/s1. The number of nitrogens with zero attached hydrogens (tertiary/aromatic N) is 3. The number of aryl methyl sites for hydroxylation is 1. The van der Waals surface area contributed by atoms with Crippen LogP contribution in [0.25, 0.3) is 0 Å². The molecule has 0 aliphatic carbocycles. The molecule has 2 heterocycles. The van der Waals surface area contributed by atoms with Gasteiger partial charge >= 0.3 is 0 Å². The molecule has 1 N–H and O–H groups in total. The molecule has 4 heteroatoms. The number of pyridine rings is 1. The number of aromatic nitrogens is 1. The second-order valence-electron chi connectivity index (χ2n) is 5.90. The number of rotatable bonds is 4. The molecule has 1 aliphatic rings. The van der Waals surface area contributed by atoms with Gasteiger partial charge in [0.2, 0.25) is 0 Å². The quantitative estimate of drug-likeness (QED) is 0.939. The van der Waals surface area contributed by atoms with E-state index >= 15 is 0 Å². The molecule has 0 unspecified atom stereocenters. The number of hydrogen-bond acceptors (Lipinski definition) is 4. The van der Waals surface area contributed by atoms with Gasteiger partial charge in [0.25, 0.3) is 0 Å². The van der Waals surface area contributed by atoms with Crippen LogP contribution in [0.4, 0.5) is 5.82 Å². The molecule has 4 nitrogen and oxygen atoms in total. The van der Waals surface area contributed by atoms with Crippen molar-refractivity contribution in [2.75, 3.05) is 37.6 Å². The third-order valence-electron chi connectivity index (χ3n) is 4.24. The second kappa shape index (κ2) is 6.90. The van der Waals surface area contributed by atoms with Crippen LogP contribution in [0.15, 0.2) is 48.7 Å². The first-order valence-corrected chi connectivity index (χ1v) is 7.85. The van der Waals surface area contributed by atoms with Gasteiger partial charge in [-0.15, -0.1) is 0 Å². The van der Waals surface area contributed by atoms with Crippen LogP contribution in [-0.4, -0.2) is 47.7 Å². The van der Waals surface area contributed by atoms with E-state index in [1.54, 1.807) is 0 Å². The Morgan fingerprint density at radius 3 is 2.41 bits per heavy atom. The van der Waals surface area contributed by atoms with Crippen LogP contribution in [0.2, 0.25) is 0 Å². The van der Waals surface area contributed by atoms with Crippen molar-refractivity contribution in [3.63, 3.8) is 0 Å². The Hall–Kier alpha value is -1.91. The molecule has 0 radical (unpaired) electrons. The van der Waals surface area contributed by atoms with E-state index < -0.39 is 6.10 Å². The zero-order valence-electron chi connectivity index (χ0n) is 13.0. The summed E-state index contributed by atoms with van der Waals surface area (Å²) in [6, 6.07) is 14.2. The van der Waals surface area contributed by atoms with E-state index in [0.29, 0.717) is 6.54 Å². The number of β-amino-alcohol motifs (C(OH)–C–C–N with tert-alkyl or cyclic N) is 1. The van der Waals surface area contributed by atoms with Crippen molar-refractivity contribution in [3.8, 4) is 0 Å². The fourth-order valence-electron chi connectivity index (χ4n) is 2.84. The molecule has 1 aromatic carbocycles. The van der Waals surface area contributed by atoms with Crippen molar-refractivity contribution in [1.82, 2.24) is 9.88 Å². The first-order chi connectivity index (χ1) is 10.7. The zero-order chi connectivity index (χ0) is 15.4. The molecular formula is C18H23N3O. The van der Waals surface area contributed by atoms with Gasteiger partial charge in [0.1, 0.15) is 5.82 Å². The first kappa shape index (κ1) is 15.0. The SMILES string of the molecule is Cc1ccc([C@@H](O)CN2CCN(c3ccccn3)CC2)cc1. The molecular weight excluding hydrogens is 274 g/mol. The largest absolute Gasteiger partial charge is 0.387 e. The molecule has 22 heavy (non-hydrogen) atoms. The highest BCUT2D eigenvalue weighted by Crippen LogP contribution is 2.17. The molecule has 1 aromatic heterocycles. The summed E-state index contributed by atoms with van der Waals surface area (Å²) in [5.41, 5.74) is 2.22. The molecule has 1 aliphatic heterocycles. The van der Waals surface area contributed by atoms with Crippen molar-refractivity contribution < 1.29 is 5.11 Å². The van der Waals surface area contributed by atoms with Gasteiger partial charge in [-0.1, -0.05) is 35.9 Å². The maximum atomic E-state index is 10.4. The third kappa shape index (κ3) is 3.64. The number of piperazine rings is 1. The van der Waals surface area contributed by atoms with E-state index in [4.69, 9.17) is 0 Å². The van der Waals surface area contributed by atoms with E-state index in [1.165, 1.54) is 5.56 Å². The second-order valence-corrected chi connectivity index (χ2v) is 5.90. The Morgan fingerprint density at radius 2 is 1.77 bits per heavy atom. The maximum Gasteiger partial charge on any atom is 0.128 e. The Labute approximate surface area is 132 Å². The predicted octanol–water partition coefficient (Wildman–Crippen LogP) is 2.25. The van der Waals surface area contributed by atoms with E-state index in [9.17, 15) is 5.11 Å². The maximum absolute atomic E-state index is 10.4. The number of hydrogen-bond donors (Lipinski definition) is 1. The van der Waals surface area contributed by atoms with Crippen LogP contribution in [0.3, 0.4) is 0 Å². The van der Waals surface area contributed by atoms with Crippen molar-refractivity contribution in [3.05, 3.63) is 59.8 Å². The summed E-state index contributed by atoms with van der Waals surface area (Å²) >= 11 is 0. The van der Waals surface area contributed by atoms with Crippen LogP contribution in [0.5, 0.6) is 0 Å². The lowest BCUT2D eigenvalue weighted by atomic mass is 10.1. The van der Waals surface area contributed by atoms with Crippen LogP contribution < -0.4 is 4.90 Å². The zero-order valence-corrected chi connectivity index (χ0v) is 13.0. The van der Waals surface area contributed by atoms with Crippen LogP contribution in [0, 0.1) is 6.92 Å². The summed E-state index contributed by atoms with van der Waals surface area (Å²) in [7, 11) is 0. The number of aliphatic hydroxyl groups excluding tert-OH is 1. The van der Waals surface area contributed by atoms with Gasteiger partial charge in [0.05, 0.1) is 6.10 Å². The topological polar surface area (TPSA) is 39.6 Å². The number of benzene rings is 1. The highest BCUT2D eigenvalue weighted by atomic mass is 16.3. The minimum Gasteiger partial charge on any atom is -0.387 e. The van der Waals surface area contributed by atoms with Gasteiger partial charge in [0, 0.05) is 38.9 Å². The minimum absolute atomic E-state index is 0.415. The Kier molecular flexibility index (Phi) is 4.71. The van der Waals surface area contributed by atoms with Crippen molar-refractivity contribution >= 4 is 5.82 Å². The monoisotopic (exact) mass is 297 g/mol. The normalized spacial score (nSPS) is 17.5. The predicted molar refractivity (Wildman–Crippen MR) is 89.0 cm³/mol. The molecule has 1 atom stereocenters. The highest BCUT2D eigenvalue weighted by molar-refractivity contribution is 5.38. The first-order valence-electron chi connectivity index (χ1n) is 7.85. The molecule has 116 valence electrons. The summed E-state index contributed by atoms with van der Waals surface area (Å²) in [5.74, 6) is 1.04. The molecule has 2 aromatic rings. The van der Waals surface area contributed by atoms with E-state index in [1.807, 2.05) is 30.5 Å². The van der Waals surface area contributed by atoms with Crippen LogP contribution >= 0.6 is 0 Å². The molecule has 0 amide bonds. The summed E-state index contributed by atoms with van der Waals surface area (Å²) < 4.78 is 0. The molecule has 0 spiro atoms. The summed E-state index contributed by atoms with van der Waals surface area (Å²) in [6.07, 6.45) is 1.42. The molecule has 0 bridgehead atoms. The van der Waals surface area contributed by atoms with Gasteiger partial charge in [-0.25, -0.2) is 4.98 Å². The lowest BCUT2D eigenvalue weighted by molar-refractivity contribution is 0.109. The Bertz CT molecular complexity index is 577. The van der Waals surface area contributed by atoms with Gasteiger partial charge < -0.3 is 10.0 Å². The molecule has 0 saturated carbocycles. The van der Waals surface area contributed by atoms with E-state index in [2.05, 4.69) is 39.9 Å². The highest BCUT2D eigenvalue weighted by Gasteiger charge is 2.20. The number of aliphatic hydroxyl groups is 1. The lowest BCUT2D eigenvalue weighted by Gasteiger charge is -2.36. The van der Waals surface area contributed by atoms with E-state index in [-0.39, 0.29) is 0 Å². The average molecular weight is 297 g/mol. The number of anilines is 1. The Morgan fingerprint density at radius 1 is 1.05 bits per heavy atom. The van der Waals surface area contributed by atoms with E-state index in [0.717, 1.165) is 37.6 Å². The molecule has 3 rings (SSSR count). The van der Waals surface area contributed by atoms with Gasteiger partial charge in [-0.05, 0) is 24.6 Å². The third-order valence-corrected chi connectivity index (χ3v) is 4.24. The minimum atomic E-state index is -0.415. The fraction of sp³-hybridized carbons (Fsp3) is 0.389. The van der Waals surface area contributed by atoms with Gasteiger partial charge in [0.15, 0.2) is 0 Å². The smallest absolute Gasteiger partial charge is 0.128 e. The van der Waals surface area contributed by atoms with Crippen molar-refractivity contribution in [1.29, 1.82) is 0 Å².